The highest BCUT2D eigenvalue weighted by Gasteiger charge is 2.19. The third kappa shape index (κ3) is 3.68. The van der Waals surface area contributed by atoms with Crippen molar-refractivity contribution in [2.75, 3.05) is 13.6 Å². The molecule has 2 heterocycles. The summed E-state index contributed by atoms with van der Waals surface area (Å²) in [5.41, 5.74) is 0. The molecular weight excluding hydrogens is 270 g/mol. The lowest BCUT2D eigenvalue weighted by Gasteiger charge is -2.21. The highest BCUT2D eigenvalue weighted by molar-refractivity contribution is 5.79. The lowest BCUT2D eigenvalue weighted by molar-refractivity contribution is -0.132. The SMILES string of the molecule is CC(C)c1nc(CCN(C)C(=O)[C@H](C)n2ccnc2)no1. The molecule has 0 aliphatic carbocycles. The number of hydrogen-bond acceptors (Lipinski definition) is 5. The summed E-state index contributed by atoms with van der Waals surface area (Å²) in [6, 6.07) is -0.269. The van der Waals surface area contributed by atoms with Gasteiger partial charge in [-0.15, -0.1) is 0 Å². The lowest BCUT2D eigenvalue weighted by atomic mass is 10.2. The van der Waals surface area contributed by atoms with Crippen LogP contribution in [0, 0.1) is 0 Å². The van der Waals surface area contributed by atoms with Crippen LogP contribution in [0.1, 0.15) is 44.4 Å². The van der Waals surface area contributed by atoms with E-state index in [0.29, 0.717) is 24.7 Å². The molecule has 0 N–H and O–H groups in total. The average molecular weight is 291 g/mol. The fraction of sp³-hybridized carbons (Fsp3) is 0.571. The standard InChI is InChI=1S/C14H21N5O2/c1-10(2)13-16-12(17-21-13)5-7-18(4)14(20)11(3)19-8-6-15-9-19/h6,8-11H,5,7H2,1-4H3/t11-/m0/s1. The Balaban J connectivity index is 1.88. The van der Waals surface area contributed by atoms with Gasteiger partial charge in [-0.1, -0.05) is 19.0 Å². The summed E-state index contributed by atoms with van der Waals surface area (Å²) in [4.78, 5) is 22.2. The summed E-state index contributed by atoms with van der Waals surface area (Å²) in [6.07, 6.45) is 5.67. The summed E-state index contributed by atoms with van der Waals surface area (Å²) in [5.74, 6) is 1.51. The lowest BCUT2D eigenvalue weighted by Crippen LogP contribution is -2.34. The van der Waals surface area contributed by atoms with E-state index in [1.54, 1.807) is 35.2 Å². The van der Waals surface area contributed by atoms with Gasteiger partial charge in [-0.25, -0.2) is 4.98 Å². The Labute approximate surface area is 124 Å². The van der Waals surface area contributed by atoms with Gasteiger partial charge in [0, 0.05) is 38.3 Å². The molecule has 0 unspecified atom stereocenters. The van der Waals surface area contributed by atoms with Crippen molar-refractivity contribution in [3.63, 3.8) is 0 Å². The van der Waals surface area contributed by atoms with Gasteiger partial charge in [0.2, 0.25) is 11.8 Å². The molecule has 0 aromatic carbocycles. The number of aromatic nitrogens is 4. The molecule has 0 aliphatic heterocycles. The number of nitrogens with zero attached hydrogens (tertiary/aromatic N) is 5. The zero-order chi connectivity index (χ0) is 15.4. The minimum atomic E-state index is -0.269. The van der Waals surface area contributed by atoms with E-state index in [-0.39, 0.29) is 17.9 Å². The van der Waals surface area contributed by atoms with Crippen LogP contribution in [0.15, 0.2) is 23.2 Å². The summed E-state index contributed by atoms with van der Waals surface area (Å²) >= 11 is 0. The molecule has 0 aliphatic rings. The molecule has 1 amide bonds. The predicted molar refractivity (Wildman–Crippen MR) is 76.7 cm³/mol. The Hall–Kier alpha value is -2.18. The summed E-state index contributed by atoms with van der Waals surface area (Å²) in [6.45, 7) is 6.40. The van der Waals surface area contributed by atoms with Crippen molar-refractivity contribution in [1.29, 1.82) is 0 Å². The van der Waals surface area contributed by atoms with Gasteiger partial charge < -0.3 is 14.0 Å². The van der Waals surface area contributed by atoms with Crippen molar-refractivity contribution in [3.05, 3.63) is 30.4 Å². The summed E-state index contributed by atoms with van der Waals surface area (Å²) < 4.78 is 6.93. The second-order valence-electron chi connectivity index (χ2n) is 5.40. The van der Waals surface area contributed by atoms with Crippen molar-refractivity contribution in [1.82, 2.24) is 24.6 Å². The maximum atomic E-state index is 12.3. The molecule has 114 valence electrons. The maximum Gasteiger partial charge on any atom is 0.245 e. The van der Waals surface area contributed by atoms with Crippen molar-refractivity contribution in [2.24, 2.45) is 0 Å². The van der Waals surface area contributed by atoms with Gasteiger partial charge >= 0.3 is 0 Å². The highest BCUT2D eigenvalue weighted by Crippen LogP contribution is 2.12. The Bertz CT molecular complexity index is 576. The fourth-order valence-electron chi connectivity index (χ4n) is 1.93. The van der Waals surface area contributed by atoms with E-state index in [4.69, 9.17) is 4.52 Å². The Morgan fingerprint density at radius 3 is 2.76 bits per heavy atom. The minimum Gasteiger partial charge on any atom is -0.344 e. The molecule has 1 atom stereocenters. The van der Waals surface area contributed by atoms with Gasteiger partial charge in [0.05, 0.1) is 6.33 Å². The molecule has 0 saturated heterocycles. The molecule has 0 radical (unpaired) electrons. The number of imidazole rings is 1. The predicted octanol–water partition coefficient (Wildman–Crippen LogP) is 1.65. The van der Waals surface area contributed by atoms with E-state index >= 15 is 0 Å². The first-order valence-electron chi connectivity index (χ1n) is 7.04. The minimum absolute atomic E-state index is 0.0283. The zero-order valence-corrected chi connectivity index (χ0v) is 12.9. The smallest absolute Gasteiger partial charge is 0.245 e. The van der Waals surface area contributed by atoms with Crippen LogP contribution in [0.2, 0.25) is 0 Å². The van der Waals surface area contributed by atoms with Crippen LogP contribution in [0.5, 0.6) is 0 Å². The molecule has 0 bridgehead atoms. The van der Waals surface area contributed by atoms with Gasteiger partial charge in [-0.3, -0.25) is 4.79 Å². The Kier molecular flexibility index (Phi) is 4.72. The quantitative estimate of drug-likeness (QED) is 0.808. The van der Waals surface area contributed by atoms with E-state index in [0.717, 1.165) is 0 Å². The monoisotopic (exact) mass is 291 g/mol. The van der Waals surface area contributed by atoms with Crippen LogP contribution in [-0.4, -0.2) is 44.1 Å². The van der Waals surface area contributed by atoms with Crippen LogP contribution < -0.4 is 0 Å². The topological polar surface area (TPSA) is 77.1 Å². The summed E-state index contributed by atoms with van der Waals surface area (Å²) in [7, 11) is 1.78. The third-order valence-electron chi connectivity index (χ3n) is 3.35. The second kappa shape index (κ2) is 6.51. The average Bonchev–Trinajstić information content (AvgIpc) is 3.13. The van der Waals surface area contributed by atoms with Crippen LogP contribution in [-0.2, 0) is 11.2 Å². The maximum absolute atomic E-state index is 12.3. The molecule has 7 nitrogen and oxygen atoms in total. The van der Waals surface area contributed by atoms with Gasteiger partial charge in [0.15, 0.2) is 5.82 Å². The van der Waals surface area contributed by atoms with E-state index in [1.807, 2.05) is 20.8 Å². The first-order chi connectivity index (χ1) is 9.99. The van der Waals surface area contributed by atoms with E-state index < -0.39 is 0 Å². The Morgan fingerprint density at radius 2 is 2.19 bits per heavy atom. The molecule has 2 rings (SSSR count). The molecular formula is C14H21N5O2. The zero-order valence-electron chi connectivity index (χ0n) is 12.9. The van der Waals surface area contributed by atoms with Gasteiger partial charge in [0.25, 0.3) is 0 Å². The molecule has 0 spiro atoms. The van der Waals surface area contributed by atoms with Crippen molar-refractivity contribution >= 4 is 5.91 Å². The van der Waals surface area contributed by atoms with E-state index in [2.05, 4.69) is 15.1 Å². The van der Waals surface area contributed by atoms with E-state index in [9.17, 15) is 4.79 Å². The summed E-state index contributed by atoms with van der Waals surface area (Å²) in [5, 5.41) is 3.92. The van der Waals surface area contributed by atoms with Gasteiger partial charge in [-0.2, -0.15) is 4.98 Å². The second-order valence-corrected chi connectivity index (χ2v) is 5.40. The Morgan fingerprint density at radius 1 is 1.43 bits per heavy atom. The fourth-order valence-corrected chi connectivity index (χ4v) is 1.93. The first kappa shape index (κ1) is 15.2. The van der Waals surface area contributed by atoms with Crippen LogP contribution in [0.25, 0.3) is 0 Å². The molecule has 0 saturated carbocycles. The molecule has 2 aromatic heterocycles. The third-order valence-corrected chi connectivity index (χ3v) is 3.35. The molecule has 7 heteroatoms. The van der Waals surface area contributed by atoms with Crippen molar-refractivity contribution in [2.45, 2.75) is 39.2 Å². The van der Waals surface area contributed by atoms with Crippen LogP contribution in [0.3, 0.4) is 0 Å². The number of amides is 1. The van der Waals surface area contributed by atoms with Gasteiger partial charge in [0.1, 0.15) is 6.04 Å². The number of carbonyl (C=O) groups is 1. The molecule has 0 fully saturated rings. The molecule has 21 heavy (non-hydrogen) atoms. The molecule has 2 aromatic rings. The first-order valence-corrected chi connectivity index (χ1v) is 7.04. The van der Waals surface area contributed by atoms with Crippen molar-refractivity contribution < 1.29 is 9.32 Å². The van der Waals surface area contributed by atoms with E-state index in [1.165, 1.54) is 0 Å². The number of carbonyl (C=O) groups excluding carboxylic acids is 1. The number of rotatable bonds is 6. The normalized spacial score (nSPS) is 12.6. The highest BCUT2D eigenvalue weighted by atomic mass is 16.5. The van der Waals surface area contributed by atoms with Gasteiger partial charge in [-0.05, 0) is 6.92 Å². The van der Waals surface area contributed by atoms with Crippen molar-refractivity contribution in [3.8, 4) is 0 Å². The van der Waals surface area contributed by atoms with Crippen LogP contribution in [0.4, 0.5) is 0 Å². The largest absolute Gasteiger partial charge is 0.344 e. The number of hydrogen-bond donors (Lipinski definition) is 0. The van der Waals surface area contributed by atoms with Crippen LogP contribution >= 0.6 is 0 Å². The number of likely N-dealkylation sites (N-methyl/N-ethyl adjacent to an activating group) is 1.